The third-order valence-electron chi connectivity index (χ3n) is 1.74. The molecule has 3 nitrogen and oxygen atoms in total. The molecule has 1 aliphatic rings. The second-order valence-electron chi connectivity index (χ2n) is 2.88. The summed E-state index contributed by atoms with van der Waals surface area (Å²) in [5.41, 5.74) is 5.36. The van der Waals surface area contributed by atoms with Crippen molar-refractivity contribution in [3.05, 3.63) is 0 Å². The Bertz CT molecular complexity index is 136. The van der Waals surface area contributed by atoms with Crippen molar-refractivity contribution in [3.63, 3.8) is 0 Å². The summed E-state index contributed by atoms with van der Waals surface area (Å²) in [6.07, 6.45) is 5.38. The van der Waals surface area contributed by atoms with Crippen LogP contribution in [0.25, 0.3) is 0 Å². The SMILES string of the molecule is CC1C=NC(CCCCN)O1. The zero-order chi connectivity index (χ0) is 8.10. The second kappa shape index (κ2) is 4.46. The molecule has 3 heteroatoms. The summed E-state index contributed by atoms with van der Waals surface area (Å²) < 4.78 is 5.44. The molecule has 1 rings (SSSR count). The molecule has 0 spiro atoms. The van der Waals surface area contributed by atoms with Crippen LogP contribution in [0.5, 0.6) is 0 Å². The first kappa shape index (κ1) is 8.68. The van der Waals surface area contributed by atoms with Crippen molar-refractivity contribution < 1.29 is 4.74 Å². The van der Waals surface area contributed by atoms with Crippen LogP contribution in [0.3, 0.4) is 0 Å². The molecule has 0 saturated heterocycles. The molecule has 0 aromatic carbocycles. The van der Waals surface area contributed by atoms with E-state index >= 15 is 0 Å². The highest BCUT2D eigenvalue weighted by molar-refractivity contribution is 5.64. The van der Waals surface area contributed by atoms with E-state index in [1.54, 1.807) is 0 Å². The highest BCUT2D eigenvalue weighted by atomic mass is 16.5. The highest BCUT2D eigenvalue weighted by Gasteiger charge is 2.15. The molecule has 0 saturated carbocycles. The summed E-state index contributed by atoms with van der Waals surface area (Å²) in [6.45, 7) is 2.78. The number of ether oxygens (including phenoxy) is 1. The largest absolute Gasteiger partial charge is 0.348 e. The van der Waals surface area contributed by atoms with E-state index in [9.17, 15) is 0 Å². The first-order valence-electron chi connectivity index (χ1n) is 4.21. The average Bonchev–Trinajstić information content (AvgIpc) is 2.37. The van der Waals surface area contributed by atoms with Crippen LogP contribution in [0, 0.1) is 0 Å². The van der Waals surface area contributed by atoms with Gasteiger partial charge in [-0.3, -0.25) is 4.99 Å². The van der Waals surface area contributed by atoms with E-state index in [0.29, 0.717) is 0 Å². The molecule has 64 valence electrons. The summed E-state index contributed by atoms with van der Waals surface area (Å²) in [5.74, 6) is 0. The van der Waals surface area contributed by atoms with Gasteiger partial charge in [-0.25, -0.2) is 0 Å². The Kier molecular flexibility index (Phi) is 3.52. The number of aliphatic imine (C=N–C) groups is 1. The van der Waals surface area contributed by atoms with Gasteiger partial charge in [0.05, 0.1) is 6.10 Å². The van der Waals surface area contributed by atoms with Crippen LogP contribution in [-0.4, -0.2) is 25.1 Å². The Morgan fingerprint density at radius 3 is 2.91 bits per heavy atom. The minimum atomic E-state index is 0.108. The van der Waals surface area contributed by atoms with Gasteiger partial charge in [0.15, 0.2) is 0 Å². The van der Waals surface area contributed by atoms with E-state index in [0.717, 1.165) is 25.8 Å². The molecule has 1 aliphatic heterocycles. The Balaban J connectivity index is 2.05. The molecular weight excluding hydrogens is 140 g/mol. The summed E-state index contributed by atoms with van der Waals surface area (Å²) in [4.78, 5) is 4.20. The minimum Gasteiger partial charge on any atom is -0.348 e. The number of nitrogens with zero attached hydrogens (tertiary/aromatic N) is 1. The van der Waals surface area contributed by atoms with Gasteiger partial charge >= 0.3 is 0 Å². The maximum atomic E-state index is 5.44. The Hall–Kier alpha value is -0.410. The molecule has 0 aromatic rings. The molecule has 2 N–H and O–H groups in total. The molecular formula is C8H16N2O. The van der Waals surface area contributed by atoms with Crippen LogP contribution in [0.4, 0.5) is 0 Å². The Morgan fingerprint density at radius 2 is 2.36 bits per heavy atom. The van der Waals surface area contributed by atoms with Gasteiger partial charge in [0, 0.05) is 6.21 Å². The van der Waals surface area contributed by atoms with E-state index in [-0.39, 0.29) is 12.3 Å². The van der Waals surface area contributed by atoms with Crippen molar-refractivity contribution in [1.82, 2.24) is 0 Å². The average molecular weight is 156 g/mol. The van der Waals surface area contributed by atoms with Crippen LogP contribution in [0.2, 0.25) is 0 Å². The van der Waals surface area contributed by atoms with Gasteiger partial charge in [0.1, 0.15) is 6.23 Å². The smallest absolute Gasteiger partial charge is 0.148 e. The predicted octanol–water partition coefficient (Wildman–Crippen LogP) is 0.931. The van der Waals surface area contributed by atoms with Gasteiger partial charge in [0.25, 0.3) is 0 Å². The van der Waals surface area contributed by atoms with Crippen molar-refractivity contribution in [2.24, 2.45) is 10.7 Å². The van der Waals surface area contributed by atoms with E-state index in [1.165, 1.54) is 0 Å². The summed E-state index contributed by atoms with van der Waals surface area (Å²) >= 11 is 0. The molecule has 0 radical (unpaired) electrons. The van der Waals surface area contributed by atoms with Crippen molar-refractivity contribution in [1.29, 1.82) is 0 Å². The summed E-state index contributed by atoms with van der Waals surface area (Å²) in [7, 11) is 0. The molecule has 0 aromatic heterocycles. The van der Waals surface area contributed by atoms with E-state index in [2.05, 4.69) is 4.99 Å². The van der Waals surface area contributed by atoms with E-state index in [1.807, 2.05) is 13.1 Å². The summed E-state index contributed by atoms with van der Waals surface area (Å²) in [6, 6.07) is 0. The van der Waals surface area contributed by atoms with Crippen molar-refractivity contribution in [3.8, 4) is 0 Å². The molecule has 2 atom stereocenters. The highest BCUT2D eigenvalue weighted by Crippen LogP contribution is 2.12. The van der Waals surface area contributed by atoms with Crippen molar-refractivity contribution in [2.45, 2.75) is 38.5 Å². The lowest BCUT2D eigenvalue weighted by atomic mass is 10.2. The molecule has 1 heterocycles. The lowest BCUT2D eigenvalue weighted by Gasteiger charge is -2.08. The van der Waals surface area contributed by atoms with Crippen molar-refractivity contribution in [2.75, 3.05) is 6.54 Å². The van der Waals surface area contributed by atoms with Gasteiger partial charge in [-0.15, -0.1) is 0 Å². The number of unbranched alkanes of at least 4 members (excludes halogenated alkanes) is 1. The van der Waals surface area contributed by atoms with Gasteiger partial charge in [-0.05, 0) is 32.7 Å². The first-order chi connectivity index (χ1) is 5.33. The molecule has 0 bridgehead atoms. The van der Waals surface area contributed by atoms with Gasteiger partial charge in [-0.2, -0.15) is 0 Å². The zero-order valence-corrected chi connectivity index (χ0v) is 6.99. The zero-order valence-electron chi connectivity index (χ0n) is 6.99. The lowest BCUT2D eigenvalue weighted by Crippen LogP contribution is -2.10. The predicted molar refractivity (Wildman–Crippen MR) is 45.7 cm³/mol. The number of hydrogen-bond donors (Lipinski definition) is 1. The van der Waals surface area contributed by atoms with Gasteiger partial charge in [-0.1, -0.05) is 0 Å². The normalized spacial score (nSPS) is 29.6. The Morgan fingerprint density at radius 1 is 1.55 bits per heavy atom. The fourth-order valence-corrected chi connectivity index (χ4v) is 1.14. The number of rotatable bonds is 4. The first-order valence-corrected chi connectivity index (χ1v) is 4.21. The quantitative estimate of drug-likeness (QED) is 0.615. The lowest BCUT2D eigenvalue weighted by molar-refractivity contribution is 0.0539. The molecule has 0 aliphatic carbocycles. The van der Waals surface area contributed by atoms with Gasteiger partial charge < -0.3 is 10.5 Å². The third kappa shape index (κ3) is 2.99. The standard InChI is InChI=1S/C8H16N2O/c1-7-6-10-8(11-7)4-2-3-5-9/h6-8H,2-5,9H2,1H3. The van der Waals surface area contributed by atoms with Crippen LogP contribution in [0.1, 0.15) is 26.2 Å². The van der Waals surface area contributed by atoms with E-state index in [4.69, 9.17) is 10.5 Å². The second-order valence-corrected chi connectivity index (χ2v) is 2.88. The molecule has 0 amide bonds. The maximum absolute atomic E-state index is 5.44. The fourth-order valence-electron chi connectivity index (χ4n) is 1.14. The fraction of sp³-hybridized carbons (Fsp3) is 0.875. The monoisotopic (exact) mass is 156 g/mol. The third-order valence-corrected chi connectivity index (χ3v) is 1.74. The molecule has 11 heavy (non-hydrogen) atoms. The summed E-state index contributed by atoms with van der Waals surface area (Å²) in [5, 5.41) is 0. The molecule has 0 fully saturated rings. The number of hydrogen-bond acceptors (Lipinski definition) is 3. The Labute approximate surface area is 67.6 Å². The van der Waals surface area contributed by atoms with Gasteiger partial charge in [0.2, 0.25) is 0 Å². The van der Waals surface area contributed by atoms with Crippen LogP contribution in [-0.2, 0) is 4.74 Å². The maximum Gasteiger partial charge on any atom is 0.148 e. The number of nitrogens with two attached hydrogens (primary N) is 1. The topological polar surface area (TPSA) is 47.6 Å². The van der Waals surface area contributed by atoms with Crippen LogP contribution < -0.4 is 5.73 Å². The van der Waals surface area contributed by atoms with Crippen LogP contribution >= 0.6 is 0 Å². The van der Waals surface area contributed by atoms with Crippen molar-refractivity contribution >= 4 is 6.21 Å². The van der Waals surface area contributed by atoms with Crippen LogP contribution in [0.15, 0.2) is 4.99 Å². The molecule has 2 unspecified atom stereocenters. The minimum absolute atomic E-state index is 0.108. The van der Waals surface area contributed by atoms with E-state index < -0.39 is 0 Å².